The van der Waals surface area contributed by atoms with Crippen LogP contribution in [0.3, 0.4) is 0 Å². The van der Waals surface area contributed by atoms with Gasteiger partial charge in [-0.05, 0) is 12.1 Å². The highest BCUT2D eigenvalue weighted by atomic mass is 16.4. The van der Waals surface area contributed by atoms with Crippen LogP contribution in [0, 0.1) is 0 Å². The van der Waals surface area contributed by atoms with E-state index < -0.39 is 22.9 Å². The molecule has 1 aromatic heterocycles. The number of para-hydroxylation sites is 1. The van der Waals surface area contributed by atoms with Crippen LogP contribution < -0.4 is 5.63 Å². The first-order valence-corrected chi connectivity index (χ1v) is 4.40. The fraction of sp³-hybridized carbons (Fsp3) is 0. The van der Waals surface area contributed by atoms with Gasteiger partial charge in [-0.25, -0.2) is 9.59 Å². The zero-order chi connectivity index (χ0) is 11.7. The van der Waals surface area contributed by atoms with Gasteiger partial charge < -0.3 is 9.52 Å². The zero-order valence-electron chi connectivity index (χ0n) is 7.97. The topological polar surface area (TPSA) is 84.6 Å². The van der Waals surface area contributed by atoms with Crippen molar-refractivity contribution < 1.29 is 19.1 Å². The number of carboxylic acid groups (broad SMARTS) is 1. The Morgan fingerprint density at radius 3 is 2.56 bits per heavy atom. The average Bonchev–Trinajstić information content (AvgIpc) is 2.27. The lowest BCUT2D eigenvalue weighted by molar-refractivity contribution is -0.131. The van der Waals surface area contributed by atoms with Gasteiger partial charge in [-0.15, -0.1) is 0 Å². The van der Waals surface area contributed by atoms with Crippen LogP contribution >= 0.6 is 0 Å². The Balaban J connectivity index is 2.72. The van der Waals surface area contributed by atoms with Gasteiger partial charge in [0.1, 0.15) is 11.1 Å². The van der Waals surface area contributed by atoms with Gasteiger partial charge in [-0.1, -0.05) is 18.2 Å². The number of hydrogen-bond donors (Lipinski definition) is 1. The number of benzene rings is 1. The molecule has 0 radical (unpaired) electrons. The number of fused-ring (bicyclic) bond motifs is 1. The number of ketones is 1. The summed E-state index contributed by atoms with van der Waals surface area (Å²) in [6.45, 7) is 0. The molecule has 5 nitrogen and oxygen atoms in total. The molecule has 16 heavy (non-hydrogen) atoms. The predicted octanol–water partition coefficient (Wildman–Crippen LogP) is 1.06. The first kappa shape index (κ1) is 10.1. The van der Waals surface area contributed by atoms with Gasteiger partial charge >= 0.3 is 11.6 Å². The van der Waals surface area contributed by atoms with Gasteiger partial charge in [0.05, 0.1) is 0 Å². The van der Waals surface area contributed by atoms with E-state index in [0.717, 1.165) is 0 Å². The first-order valence-electron chi connectivity index (χ1n) is 4.40. The normalized spacial score (nSPS) is 10.2. The summed E-state index contributed by atoms with van der Waals surface area (Å²) in [5.41, 5.74) is -1.09. The van der Waals surface area contributed by atoms with E-state index in [1.165, 1.54) is 6.07 Å². The second-order valence-electron chi connectivity index (χ2n) is 3.12. The number of Topliss-reactive ketones (excluding diaryl/α,β-unsaturated/α-hetero) is 1. The third-order valence-electron chi connectivity index (χ3n) is 2.08. The van der Waals surface area contributed by atoms with Crippen LogP contribution in [-0.4, -0.2) is 16.9 Å². The minimum atomic E-state index is -1.68. The van der Waals surface area contributed by atoms with Crippen molar-refractivity contribution in [1.29, 1.82) is 0 Å². The van der Waals surface area contributed by atoms with Crippen molar-refractivity contribution in [3.8, 4) is 0 Å². The van der Waals surface area contributed by atoms with Gasteiger partial charge in [0.25, 0.3) is 5.78 Å². The average molecular weight is 218 g/mol. The van der Waals surface area contributed by atoms with Gasteiger partial charge in [0.2, 0.25) is 0 Å². The molecule has 0 atom stereocenters. The fourth-order valence-electron chi connectivity index (χ4n) is 1.34. The Kier molecular flexibility index (Phi) is 2.28. The van der Waals surface area contributed by atoms with Crippen LogP contribution in [0.15, 0.2) is 39.5 Å². The maximum atomic E-state index is 11.3. The molecule has 0 fully saturated rings. The molecule has 2 aromatic rings. The Hall–Kier alpha value is -2.43. The van der Waals surface area contributed by atoms with E-state index in [4.69, 9.17) is 9.52 Å². The molecule has 0 aliphatic heterocycles. The fourth-order valence-corrected chi connectivity index (χ4v) is 1.34. The van der Waals surface area contributed by atoms with E-state index in [2.05, 4.69) is 0 Å². The summed E-state index contributed by atoms with van der Waals surface area (Å²) in [6, 6.07) is 7.77. The van der Waals surface area contributed by atoms with Crippen molar-refractivity contribution in [1.82, 2.24) is 0 Å². The second kappa shape index (κ2) is 3.62. The third-order valence-corrected chi connectivity index (χ3v) is 2.08. The van der Waals surface area contributed by atoms with Crippen molar-refractivity contribution in [3.05, 3.63) is 46.3 Å². The van der Waals surface area contributed by atoms with Gasteiger partial charge in [0.15, 0.2) is 0 Å². The molecule has 1 N–H and O–H groups in total. The van der Waals surface area contributed by atoms with Crippen molar-refractivity contribution in [2.75, 3.05) is 0 Å². The van der Waals surface area contributed by atoms with Crippen LogP contribution in [-0.2, 0) is 4.79 Å². The molecule has 80 valence electrons. The van der Waals surface area contributed by atoms with Gasteiger partial charge in [-0.2, -0.15) is 0 Å². The second-order valence-corrected chi connectivity index (χ2v) is 3.12. The first-order chi connectivity index (χ1) is 7.59. The van der Waals surface area contributed by atoms with Crippen molar-refractivity contribution in [3.63, 3.8) is 0 Å². The minimum absolute atomic E-state index is 0.314. The van der Waals surface area contributed by atoms with Crippen LogP contribution in [0.5, 0.6) is 0 Å². The van der Waals surface area contributed by atoms with Gasteiger partial charge in [0, 0.05) is 5.39 Å². The molecule has 0 spiro atoms. The van der Waals surface area contributed by atoms with E-state index in [9.17, 15) is 14.4 Å². The molecule has 1 aromatic carbocycles. The summed E-state index contributed by atoms with van der Waals surface area (Å²) in [5.74, 6) is -2.94. The number of hydrogen-bond acceptors (Lipinski definition) is 4. The Morgan fingerprint density at radius 1 is 1.19 bits per heavy atom. The summed E-state index contributed by atoms with van der Waals surface area (Å²) in [7, 11) is 0. The molecular weight excluding hydrogens is 212 g/mol. The van der Waals surface area contributed by atoms with E-state index in [1.807, 2.05) is 0 Å². The van der Waals surface area contributed by atoms with E-state index in [-0.39, 0.29) is 0 Å². The Bertz CT molecular complexity index is 638. The highest BCUT2D eigenvalue weighted by Gasteiger charge is 2.19. The summed E-state index contributed by atoms with van der Waals surface area (Å²) in [5, 5.41) is 9.01. The molecule has 0 bridgehead atoms. The van der Waals surface area contributed by atoms with E-state index >= 15 is 0 Å². The Morgan fingerprint density at radius 2 is 1.88 bits per heavy atom. The molecule has 0 saturated carbocycles. The number of carboxylic acids is 1. The minimum Gasteiger partial charge on any atom is -0.475 e. The quantitative estimate of drug-likeness (QED) is 0.462. The van der Waals surface area contributed by atoms with E-state index in [0.29, 0.717) is 11.0 Å². The summed E-state index contributed by atoms with van der Waals surface area (Å²) < 4.78 is 4.82. The monoisotopic (exact) mass is 218 g/mol. The van der Waals surface area contributed by atoms with Crippen molar-refractivity contribution in [2.45, 2.75) is 0 Å². The van der Waals surface area contributed by atoms with E-state index in [1.54, 1.807) is 24.3 Å². The molecule has 0 unspecified atom stereocenters. The summed E-state index contributed by atoms with van der Waals surface area (Å²) in [6.07, 6.45) is 0. The summed E-state index contributed by atoms with van der Waals surface area (Å²) >= 11 is 0. The molecular formula is C11H6O5. The summed E-state index contributed by atoms with van der Waals surface area (Å²) in [4.78, 5) is 32.9. The number of carbonyl (C=O) groups is 2. The molecule has 0 aliphatic carbocycles. The van der Waals surface area contributed by atoms with Crippen LogP contribution in [0.25, 0.3) is 11.0 Å². The predicted molar refractivity (Wildman–Crippen MR) is 54.5 cm³/mol. The Labute approximate surface area is 88.9 Å². The van der Waals surface area contributed by atoms with Crippen LogP contribution in [0.4, 0.5) is 0 Å². The maximum absolute atomic E-state index is 11.3. The molecule has 1 heterocycles. The number of carbonyl (C=O) groups excluding carboxylic acids is 1. The largest absolute Gasteiger partial charge is 0.475 e. The maximum Gasteiger partial charge on any atom is 0.377 e. The molecule has 0 amide bonds. The lowest BCUT2D eigenvalue weighted by Crippen LogP contribution is -2.21. The number of aliphatic carboxylic acids is 1. The smallest absolute Gasteiger partial charge is 0.377 e. The van der Waals surface area contributed by atoms with Crippen LogP contribution in [0.2, 0.25) is 0 Å². The molecule has 0 aliphatic rings. The molecule has 5 heteroatoms. The highest BCUT2D eigenvalue weighted by Crippen LogP contribution is 2.12. The van der Waals surface area contributed by atoms with Crippen molar-refractivity contribution >= 4 is 22.7 Å². The van der Waals surface area contributed by atoms with Crippen molar-refractivity contribution in [2.24, 2.45) is 0 Å². The van der Waals surface area contributed by atoms with Gasteiger partial charge in [-0.3, -0.25) is 4.79 Å². The standard InChI is InChI=1S/C11H6O5/c12-9(10(13)14)7-5-6-3-1-2-4-8(6)16-11(7)15/h1-5H,(H,13,14). The third kappa shape index (κ3) is 1.58. The van der Waals surface area contributed by atoms with Crippen LogP contribution in [0.1, 0.15) is 10.4 Å². The zero-order valence-corrected chi connectivity index (χ0v) is 7.97. The SMILES string of the molecule is O=C(O)C(=O)c1cc2ccccc2oc1=O. The lowest BCUT2D eigenvalue weighted by Gasteiger charge is -1.98. The lowest BCUT2D eigenvalue weighted by atomic mass is 10.1. The number of rotatable bonds is 2. The molecule has 0 saturated heterocycles. The highest BCUT2D eigenvalue weighted by molar-refractivity contribution is 6.39. The molecule has 2 rings (SSSR count).